The molecule has 1 heterocycles. The van der Waals surface area contributed by atoms with E-state index in [-0.39, 0.29) is 5.41 Å². The van der Waals surface area contributed by atoms with Crippen molar-refractivity contribution in [3.05, 3.63) is 23.8 Å². The lowest BCUT2D eigenvalue weighted by Gasteiger charge is -2.60. The molecule has 0 aromatic rings. The SMILES string of the molecule is CC1=CC(N)(C2CC[C@H]3[C@@H]4CCC5CC(=O)CC[C@]5(C)[C@H]4CC[C@]23C)N=CC=C1. The zero-order valence-corrected chi connectivity index (χ0v) is 18.5. The molecule has 5 rings (SSSR count). The van der Waals surface area contributed by atoms with Crippen LogP contribution in [-0.4, -0.2) is 17.7 Å². The van der Waals surface area contributed by atoms with Crippen LogP contribution in [0.15, 0.2) is 28.8 Å². The normalized spacial score (nSPS) is 51.7. The minimum atomic E-state index is -0.567. The van der Waals surface area contributed by atoms with Crippen molar-refractivity contribution < 1.29 is 4.79 Å². The lowest BCUT2D eigenvalue weighted by Crippen LogP contribution is -2.56. The maximum atomic E-state index is 12.1. The van der Waals surface area contributed by atoms with Crippen molar-refractivity contribution in [3.8, 4) is 0 Å². The quantitative estimate of drug-likeness (QED) is 0.642. The van der Waals surface area contributed by atoms with Crippen molar-refractivity contribution in [2.24, 2.45) is 51.1 Å². The number of Topliss-reactive ketones (excluding diaryl/α,β-unsaturated/α-hetero) is 1. The molecule has 3 unspecified atom stereocenters. The van der Waals surface area contributed by atoms with Gasteiger partial charge in [0.05, 0.1) is 0 Å². The highest BCUT2D eigenvalue weighted by molar-refractivity contribution is 5.79. The fourth-order valence-electron chi connectivity index (χ4n) is 8.81. The molecule has 0 amide bonds. The summed E-state index contributed by atoms with van der Waals surface area (Å²) < 4.78 is 0. The zero-order valence-electron chi connectivity index (χ0n) is 18.5. The molecular weight excluding hydrogens is 356 g/mol. The van der Waals surface area contributed by atoms with E-state index in [9.17, 15) is 4.79 Å². The number of nitrogens with zero attached hydrogens (tertiary/aromatic N) is 1. The third-order valence-corrected chi connectivity index (χ3v) is 10.2. The lowest BCUT2D eigenvalue weighted by atomic mass is 9.44. The summed E-state index contributed by atoms with van der Waals surface area (Å²) in [4.78, 5) is 17.0. The third kappa shape index (κ3) is 2.86. The number of carbonyl (C=O) groups is 1. The molecule has 2 N–H and O–H groups in total. The summed E-state index contributed by atoms with van der Waals surface area (Å²) in [6, 6.07) is 0. The van der Waals surface area contributed by atoms with Gasteiger partial charge in [0.2, 0.25) is 0 Å². The topological polar surface area (TPSA) is 55.5 Å². The monoisotopic (exact) mass is 394 g/mol. The van der Waals surface area contributed by atoms with Crippen LogP contribution in [0.2, 0.25) is 0 Å². The van der Waals surface area contributed by atoms with Crippen molar-refractivity contribution >= 4 is 12.0 Å². The van der Waals surface area contributed by atoms with E-state index in [4.69, 9.17) is 10.7 Å². The van der Waals surface area contributed by atoms with Crippen LogP contribution in [0.4, 0.5) is 0 Å². The van der Waals surface area contributed by atoms with Gasteiger partial charge in [-0.05, 0) is 98.5 Å². The zero-order chi connectivity index (χ0) is 20.4. The maximum absolute atomic E-state index is 12.1. The van der Waals surface area contributed by atoms with Gasteiger partial charge in [0.25, 0.3) is 0 Å². The number of nitrogens with two attached hydrogens (primary N) is 1. The van der Waals surface area contributed by atoms with Crippen LogP contribution in [0.5, 0.6) is 0 Å². The predicted octanol–water partition coefficient (Wildman–Crippen LogP) is 5.46. The average Bonchev–Trinajstić information content (AvgIpc) is 2.94. The van der Waals surface area contributed by atoms with Gasteiger partial charge in [-0.15, -0.1) is 0 Å². The Morgan fingerprint density at radius 3 is 2.66 bits per heavy atom. The molecule has 3 heteroatoms. The second-order valence-corrected chi connectivity index (χ2v) is 11.5. The van der Waals surface area contributed by atoms with Gasteiger partial charge in [-0.2, -0.15) is 0 Å². The summed E-state index contributed by atoms with van der Waals surface area (Å²) in [5.74, 6) is 3.95. The second-order valence-electron chi connectivity index (χ2n) is 11.5. The predicted molar refractivity (Wildman–Crippen MR) is 119 cm³/mol. The van der Waals surface area contributed by atoms with E-state index < -0.39 is 5.66 Å². The van der Waals surface area contributed by atoms with Gasteiger partial charge in [0.1, 0.15) is 11.4 Å². The number of carbonyl (C=O) groups excluding carboxylic acids is 1. The Kier molecular flexibility index (Phi) is 4.52. The molecule has 0 bridgehead atoms. The Balaban J connectivity index is 1.44. The second kappa shape index (κ2) is 6.64. The number of ketones is 1. The van der Waals surface area contributed by atoms with Gasteiger partial charge in [0, 0.05) is 25.0 Å². The molecule has 0 spiro atoms. The molecule has 8 atom stereocenters. The number of aliphatic imine (C=N–C) groups is 1. The summed E-state index contributed by atoms with van der Waals surface area (Å²) in [5.41, 5.74) is 8.34. The Hall–Kier alpha value is -1.22. The minimum Gasteiger partial charge on any atom is -0.304 e. The molecule has 5 aliphatic rings. The molecule has 0 aromatic heterocycles. The lowest BCUT2D eigenvalue weighted by molar-refractivity contribution is -0.140. The van der Waals surface area contributed by atoms with E-state index in [1.165, 1.54) is 44.1 Å². The summed E-state index contributed by atoms with van der Waals surface area (Å²) in [5, 5.41) is 0. The van der Waals surface area contributed by atoms with Crippen LogP contribution in [0.3, 0.4) is 0 Å². The van der Waals surface area contributed by atoms with Crippen LogP contribution in [0.1, 0.15) is 78.6 Å². The Bertz CT molecular complexity index is 797. The molecule has 0 aromatic carbocycles. The number of hydrogen-bond donors (Lipinski definition) is 1. The van der Waals surface area contributed by atoms with Crippen LogP contribution >= 0.6 is 0 Å². The number of allylic oxidation sites excluding steroid dienone is 3. The maximum Gasteiger partial charge on any atom is 0.133 e. The van der Waals surface area contributed by atoms with Crippen LogP contribution in [0.25, 0.3) is 0 Å². The third-order valence-electron chi connectivity index (χ3n) is 10.2. The average molecular weight is 395 g/mol. The molecule has 3 nitrogen and oxygen atoms in total. The first-order chi connectivity index (χ1) is 13.8. The van der Waals surface area contributed by atoms with E-state index in [1.807, 2.05) is 12.3 Å². The number of rotatable bonds is 1. The highest BCUT2D eigenvalue weighted by Crippen LogP contribution is 2.68. The molecule has 1 aliphatic heterocycles. The summed E-state index contributed by atoms with van der Waals surface area (Å²) >= 11 is 0. The Morgan fingerprint density at radius 1 is 1.03 bits per heavy atom. The van der Waals surface area contributed by atoms with Crippen LogP contribution in [-0.2, 0) is 4.79 Å². The van der Waals surface area contributed by atoms with E-state index >= 15 is 0 Å². The number of hydrogen-bond acceptors (Lipinski definition) is 3. The largest absolute Gasteiger partial charge is 0.304 e. The smallest absolute Gasteiger partial charge is 0.133 e. The highest BCUT2D eigenvalue weighted by atomic mass is 16.1. The molecule has 0 saturated heterocycles. The van der Waals surface area contributed by atoms with Crippen molar-refractivity contribution in [1.29, 1.82) is 0 Å². The Labute approximate surface area is 176 Å². The molecule has 4 saturated carbocycles. The molecule has 29 heavy (non-hydrogen) atoms. The van der Waals surface area contributed by atoms with Gasteiger partial charge >= 0.3 is 0 Å². The van der Waals surface area contributed by atoms with Crippen molar-refractivity contribution in [2.45, 2.75) is 84.2 Å². The summed E-state index contributed by atoms with van der Waals surface area (Å²) in [6.07, 6.45) is 18.8. The first-order valence-electron chi connectivity index (χ1n) is 12.0. The summed E-state index contributed by atoms with van der Waals surface area (Å²) in [7, 11) is 0. The minimum absolute atomic E-state index is 0.280. The fourth-order valence-corrected chi connectivity index (χ4v) is 8.81. The first-order valence-corrected chi connectivity index (χ1v) is 12.0. The van der Waals surface area contributed by atoms with Crippen molar-refractivity contribution in [1.82, 2.24) is 0 Å². The van der Waals surface area contributed by atoms with Gasteiger partial charge < -0.3 is 5.73 Å². The van der Waals surface area contributed by atoms with E-state index in [2.05, 4.69) is 32.9 Å². The summed E-state index contributed by atoms with van der Waals surface area (Å²) in [6.45, 7) is 7.22. The fraction of sp³-hybridized carbons (Fsp3) is 0.769. The molecular formula is C26H38N2O. The Morgan fingerprint density at radius 2 is 1.83 bits per heavy atom. The van der Waals surface area contributed by atoms with Crippen molar-refractivity contribution in [2.75, 3.05) is 0 Å². The molecule has 4 aliphatic carbocycles. The molecule has 4 fully saturated rings. The molecule has 158 valence electrons. The van der Waals surface area contributed by atoms with Gasteiger partial charge in [-0.1, -0.05) is 25.5 Å². The molecule has 0 radical (unpaired) electrons. The van der Waals surface area contributed by atoms with E-state index in [0.29, 0.717) is 23.0 Å². The standard InChI is InChI=1S/C26H38N2O/c1-17-5-4-14-28-26(27,16-17)23-9-8-21-20-7-6-18-15-19(29)10-12-24(18,2)22(20)11-13-25(21,23)3/h4-5,14,16,18,20-23H,6-13,15,27H2,1-3H3/t18?,20-,21-,22-,23?,24-,25-,26?/m0/s1. The van der Waals surface area contributed by atoms with E-state index in [0.717, 1.165) is 37.0 Å². The highest BCUT2D eigenvalue weighted by Gasteiger charge is 2.62. The first kappa shape index (κ1) is 19.7. The van der Waals surface area contributed by atoms with E-state index in [1.54, 1.807) is 0 Å². The number of fused-ring (bicyclic) bond motifs is 5. The van der Waals surface area contributed by atoms with Gasteiger partial charge in [-0.25, -0.2) is 0 Å². The van der Waals surface area contributed by atoms with Gasteiger partial charge in [-0.3, -0.25) is 9.79 Å². The van der Waals surface area contributed by atoms with Crippen LogP contribution in [0, 0.1) is 40.4 Å². The van der Waals surface area contributed by atoms with Crippen molar-refractivity contribution in [3.63, 3.8) is 0 Å². The van der Waals surface area contributed by atoms with Crippen LogP contribution < -0.4 is 5.73 Å². The van der Waals surface area contributed by atoms with Gasteiger partial charge in [0.15, 0.2) is 0 Å².